The first-order valence-corrected chi connectivity index (χ1v) is 9.10. The number of amides is 2. The van der Waals surface area contributed by atoms with E-state index in [1.54, 1.807) is 36.4 Å². The van der Waals surface area contributed by atoms with Crippen LogP contribution in [0.1, 0.15) is 39.1 Å². The van der Waals surface area contributed by atoms with E-state index >= 15 is 0 Å². The molecular formula is C20H17ClN2O4. The van der Waals surface area contributed by atoms with E-state index in [1.165, 1.54) is 0 Å². The number of hydrogen-bond acceptors (Lipinski definition) is 5. The van der Waals surface area contributed by atoms with Gasteiger partial charge in [0.05, 0.1) is 11.1 Å². The van der Waals surface area contributed by atoms with Crippen LogP contribution in [0.5, 0.6) is 0 Å². The summed E-state index contributed by atoms with van der Waals surface area (Å²) >= 11 is 5.91. The monoisotopic (exact) mass is 384 g/mol. The van der Waals surface area contributed by atoms with Crippen LogP contribution in [0.2, 0.25) is 5.02 Å². The molecule has 1 fully saturated rings. The van der Waals surface area contributed by atoms with Crippen molar-refractivity contribution >= 4 is 29.4 Å². The first-order valence-electron chi connectivity index (χ1n) is 8.73. The Hall–Kier alpha value is -2.70. The van der Waals surface area contributed by atoms with Gasteiger partial charge in [0.25, 0.3) is 11.8 Å². The van der Waals surface area contributed by atoms with Gasteiger partial charge in [-0.05, 0) is 49.2 Å². The Morgan fingerprint density at radius 1 is 1.04 bits per heavy atom. The average Bonchev–Trinajstić information content (AvgIpc) is 3.23. The van der Waals surface area contributed by atoms with Crippen LogP contribution < -0.4 is 0 Å². The molecule has 4 rings (SSSR count). The van der Waals surface area contributed by atoms with Crippen molar-refractivity contribution in [1.29, 1.82) is 0 Å². The largest absolute Gasteiger partial charge is 0.350 e. The molecule has 2 aliphatic rings. The third-order valence-corrected chi connectivity index (χ3v) is 5.12. The van der Waals surface area contributed by atoms with Gasteiger partial charge >= 0.3 is 5.97 Å². The highest BCUT2D eigenvalue weighted by Gasteiger charge is 2.41. The van der Waals surface area contributed by atoms with Gasteiger partial charge in [0.15, 0.2) is 0 Å². The van der Waals surface area contributed by atoms with Gasteiger partial charge in [-0.15, -0.1) is 0 Å². The zero-order chi connectivity index (χ0) is 19.0. The number of hydrogen-bond donors (Lipinski definition) is 0. The van der Waals surface area contributed by atoms with E-state index in [9.17, 15) is 14.4 Å². The fourth-order valence-corrected chi connectivity index (χ4v) is 3.63. The van der Waals surface area contributed by atoms with Crippen LogP contribution >= 0.6 is 11.6 Å². The second-order valence-corrected chi connectivity index (χ2v) is 7.05. The molecular weight excluding hydrogens is 368 g/mol. The van der Waals surface area contributed by atoms with Crippen LogP contribution in [0.25, 0.3) is 0 Å². The van der Waals surface area contributed by atoms with E-state index in [4.69, 9.17) is 16.4 Å². The summed E-state index contributed by atoms with van der Waals surface area (Å²) in [5.74, 6) is -1.80. The first-order chi connectivity index (χ1) is 13.0. The molecule has 2 aromatic carbocycles. The Morgan fingerprint density at radius 2 is 1.67 bits per heavy atom. The van der Waals surface area contributed by atoms with Gasteiger partial charge in [0.1, 0.15) is 6.04 Å². The molecule has 2 heterocycles. The predicted molar refractivity (Wildman–Crippen MR) is 97.9 cm³/mol. The van der Waals surface area contributed by atoms with Gasteiger partial charge in [0.2, 0.25) is 0 Å². The van der Waals surface area contributed by atoms with Gasteiger partial charge in [-0.1, -0.05) is 40.9 Å². The fourth-order valence-electron chi connectivity index (χ4n) is 3.51. The second kappa shape index (κ2) is 7.13. The standard InChI is InChI=1S/C20H17ClN2O4/c21-14-9-7-13(8-10-14)12-22-11-3-6-17(22)20(26)27-23-18(24)15-4-1-2-5-16(15)19(23)25/h1-2,4-5,7-10,17H,3,6,11-12H2. The Kier molecular flexibility index (Phi) is 4.68. The number of benzene rings is 2. The molecule has 0 N–H and O–H groups in total. The maximum Gasteiger partial charge on any atom is 0.350 e. The molecule has 27 heavy (non-hydrogen) atoms. The Labute approximate surface area is 161 Å². The van der Waals surface area contributed by atoms with Crippen molar-refractivity contribution in [2.24, 2.45) is 0 Å². The van der Waals surface area contributed by atoms with Gasteiger partial charge < -0.3 is 4.84 Å². The quantitative estimate of drug-likeness (QED) is 0.758. The number of carbonyl (C=O) groups is 3. The molecule has 6 nitrogen and oxygen atoms in total. The molecule has 7 heteroatoms. The molecule has 138 valence electrons. The highest BCUT2D eigenvalue weighted by atomic mass is 35.5. The topological polar surface area (TPSA) is 66.9 Å². The lowest BCUT2D eigenvalue weighted by atomic mass is 10.1. The third kappa shape index (κ3) is 3.34. The van der Waals surface area contributed by atoms with Crippen LogP contribution in [0.15, 0.2) is 48.5 Å². The van der Waals surface area contributed by atoms with Gasteiger partial charge in [0, 0.05) is 11.6 Å². The van der Waals surface area contributed by atoms with Crippen LogP contribution in [-0.4, -0.2) is 40.3 Å². The summed E-state index contributed by atoms with van der Waals surface area (Å²) in [5, 5.41) is 1.23. The minimum absolute atomic E-state index is 0.250. The summed E-state index contributed by atoms with van der Waals surface area (Å²) < 4.78 is 0. The first kappa shape index (κ1) is 17.7. The molecule has 0 saturated carbocycles. The highest BCUT2D eigenvalue weighted by Crippen LogP contribution is 2.26. The molecule has 0 spiro atoms. The van der Waals surface area contributed by atoms with Crippen molar-refractivity contribution in [2.75, 3.05) is 6.54 Å². The predicted octanol–water partition coefficient (Wildman–Crippen LogP) is 3.06. The number of likely N-dealkylation sites (tertiary alicyclic amines) is 1. The Morgan fingerprint density at radius 3 is 2.30 bits per heavy atom. The Bertz CT molecular complexity index is 877. The van der Waals surface area contributed by atoms with Gasteiger partial charge in [-0.25, -0.2) is 4.79 Å². The summed E-state index contributed by atoms with van der Waals surface area (Å²) in [4.78, 5) is 44.6. The van der Waals surface area contributed by atoms with E-state index in [0.717, 1.165) is 18.5 Å². The normalized spacial score (nSPS) is 19.4. The molecule has 1 atom stereocenters. The van der Waals surface area contributed by atoms with Crippen LogP contribution in [-0.2, 0) is 16.2 Å². The SMILES string of the molecule is O=C(ON1C(=O)c2ccccc2C1=O)C1CCCN1Cc1ccc(Cl)cc1. The lowest BCUT2D eigenvalue weighted by molar-refractivity contribution is -0.174. The molecule has 1 saturated heterocycles. The summed E-state index contributed by atoms with van der Waals surface area (Å²) in [6.07, 6.45) is 1.46. The lowest BCUT2D eigenvalue weighted by Gasteiger charge is -2.24. The van der Waals surface area contributed by atoms with Crippen molar-refractivity contribution < 1.29 is 19.2 Å². The van der Waals surface area contributed by atoms with Crippen LogP contribution in [0.4, 0.5) is 0 Å². The Balaban J connectivity index is 1.45. The maximum atomic E-state index is 12.7. The fraction of sp³-hybridized carbons (Fsp3) is 0.250. The maximum absolute atomic E-state index is 12.7. The number of rotatable bonds is 4. The van der Waals surface area contributed by atoms with Crippen LogP contribution in [0, 0.1) is 0 Å². The number of imide groups is 1. The zero-order valence-corrected chi connectivity index (χ0v) is 15.2. The van der Waals surface area contributed by atoms with E-state index in [-0.39, 0.29) is 11.1 Å². The van der Waals surface area contributed by atoms with Crippen molar-refractivity contribution in [3.8, 4) is 0 Å². The third-order valence-electron chi connectivity index (χ3n) is 4.87. The minimum atomic E-state index is -0.605. The number of carbonyl (C=O) groups excluding carboxylic acids is 3. The summed E-state index contributed by atoms with van der Waals surface area (Å²) in [5.41, 5.74) is 1.53. The number of nitrogens with zero attached hydrogens (tertiary/aromatic N) is 2. The molecule has 0 aliphatic carbocycles. The summed E-state index contributed by atoms with van der Waals surface area (Å²) in [7, 11) is 0. The molecule has 1 unspecified atom stereocenters. The van der Waals surface area contributed by atoms with E-state index in [0.29, 0.717) is 23.1 Å². The van der Waals surface area contributed by atoms with Crippen LogP contribution in [0.3, 0.4) is 0 Å². The number of fused-ring (bicyclic) bond motifs is 1. The van der Waals surface area contributed by atoms with Gasteiger partial charge in [-0.2, -0.15) is 0 Å². The molecule has 2 amide bonds. The summed E-state index contributed by atoms with van der Waals surface area (Å²) in [6.45, 7) is 1.31. The van der Waals surface area contributed by atoms with Crippen molar-refractivity contribution in [3.63, 3.8) is 0 Å². The second-order valence-electron chi connectivity index (χ2n) is 6.62. The van der Waals surface area contributed by atoms with E-state index < -0.39 is 23.8 Å². The van der Waals surface area contributed by atoms with E-state index in [1.807, 2.05) is 17.0 Å². The molecule has 2 aromatic rings. The molecule has 2 aliphatic heterocycles. The number of halogens is 1. The molecule has 0 bridgehead atoms. The minimum Gasteiger partial charge on any atom is -0.328 e. The van der Waals surface area contributed by atoms with Crippen molar-refractivity contribution in [2.45, 2.75) is 25.4 Å². The van der Waals surface area contributed by atoms with Crippen molar-refractivity contribution in [1.82, 2.24) is 9.96 Å². The lowest BCUT2D eigenvalue weighted by Crippen LogP contribution is -2.42. The zero-order valence-electron chi connectivity index (χ0n) is 14.4. The molecule has 0 radical (unpaired) electrons. The number of hydroxylamine groups is 2. The highest BCUT2D eigenvalue weighted by molar-refractivity contribution is 6.30. The summed E-state index contributed by atoms with van der Waals surface area (Å²) in [6, 6.07) is 13.4. The molecule has 0 aromatic heterocycles. The van der Waals surface area contributed by atoms with Gasteiger partial charge in [-0.3, -0.25) is 14.5 Å². The average molecular weight is 385 g/mol. The van der Waals surface area contributed by atoms with Crippen molar-refractivity contribution in [3.05, 3.63) is 70.2 Å². The smallest absolute Gasteiger partial charge is 0.328 e. The van der Waals surface area contributed by atoms with E-state index in [2.05, 4.69) is 0 Å².